The largest absolute Gasteiger partial charge is 0.364 e. The van der Waals surface area contributed by atoms with Crippen LogP contribution in [-0.2, 0) is 4.84 Å². The molecule has 0 aliphatic heterocycles. The van der Waals surface area contributed by atoms with Gasteiger partial charge in [-0.25, -0.2) is 4.79 Å². The maximum absolute atomic E-state index is 11.3. The Morgan fingerprint density at radius 2 is 1.77 bits per heavy atom. The molecule has 1 rings (SSSR count). The van der Waals surface area contributed by atoms with Gasteiger partial charge in [0.1, 0.15) is 0 Å². The number of aryl methyl sites for hydroxylation is 1. The Bertz CT molecular complexity index is 290. The molecule has 3 heteroatoms. The zero-order valence-electron chi connectivity index (χ0n) is 8.07. The van der Waals surface area contributed by atoms with Gasteiger partial charge >= 0.3 is 5.97 Å². The molecule has 70 valence electrons. The van der Waals surface area contributed by atoms with Crippen molar-refractivity contribution >= 4 is 5.97 Å². The number of nitrogens with zero attached hydrogens (tertiary/aromatic N) is 1. The van der Waals surface area contributed by atoms with Crippen LogP contribution in [0.2, 0.25) is 0 Å². The van der Waals surface area contributed by atoms with Crippen LogP contribution < -0.4 is 0 Å². The fourth-order valence-electron chi connectivity index (χ4n) is 0.908. The summed E-state index contributed by atoms with van der Waals surface area (Å²) in [5.41, 5.74) is 1.70. The number of hydroxylamine groups is 2. The number of carbonyl (C=O) groups excluding carboxylic acids is 1. The Morgan fingerprint density at radius 1 is 1.23 bits per heavy atom. The number of hydrogen-bond acceptors (Lipinski definition) is 3. The van der Waals surface area contributed by atoms with E-state index in [1.807, 2.05) is 19.1 Å². The normalized spacial score (nSPS) is 10.2. The molecule has 0 saturated carbocycles. The fraction of sp³-hybridized carbons (Fsp3) is 0.300. The van der Waals surface area contributed by atoms with E-state index >= 15 is 0 Å². The van der Waals surface area contributed by atoms with Crippen molar-refractivity contribution in [3.05, 3.63) is 35.4 Å². The van der Waals surface area contributed by atoms with E-state index in [1.165, 1.54) is 5.06 Å². The van der Waals surface area contributed by atoms with Gasteiger partial charge in [0.15, 0.2) is 0 Å². The highest BCUT2D eigenvalue weighted by atomic mass is 16.7. The second-order valence-electron chi connectivity index (χ2n) is 3.06. The third-order valence-electron chi connectivity index (χ3n) is 1.55. The smallest absolute Gasteiger partial charge is 0.356 e. The van der Waals surface area contributed by atoms with E-state index in [-0.39, 0.29) is 5.97 Å². The summed E-state index contributed by atoms with van der Waals surface area (Å²) in [5, 5.41) is 1.38. The number of carbonyl (C=O) groups is 1. The molecular formula is C10H13NO2. The minimum absolute atomic E-state index is 0.329. The minimum Gasteiger partial charge on any atom is -0.364 e. The lowest BCUT2D eigenvalue weighted by atomic mass is 10.2. The molecule has 0 saturated heterocycles. The van der Waals surface area contributed by atoms with Gasteiger partial charge in [0.05, 0.1) is 5.56 Å². The maximum Gasteiger partial charge on any atom is 0.356 e. The van der Waals surface area contributed by atoms with Crippen molar-refractivity contribution in [1.29, 1.82) is 0 Å². The molecule has 1 aromatic rings. The van der Waals surface area contributed by atoms with Crippen LogP contribution in [-0.4, -0.2) is 25.1 Å². The SMILES string of the molecule is Cc1ccc(C(=O)ON(C)C)cc1. The summed E-state index contributed by atoms with van der Waals surface area (Å²) in [6, 6.07) is 7.26. The highest BCUT2D eigenvalue weighted by Crippen LogP contribution is 2.04. The van der Waals surface area contributed by atoms with Crippen molar-refractivity contribution in [2.75, 3.05) is 14.1 Å². The average Bonchev–Trinajstić information content (AvgIpc) is 2.04. The Labute approximate surface area is 77.9 Å². The van der Waals surface area contributed by atoms with Crippen molar-refractivity contribution in [3.63, 3.8) is 0 Å². The quantitative estimate of drug-likeness (QED) is 0.646. The van der Waals surface area contributed by atoms with Gasteiger partial charge in [-0.15, -0.1) is 5.06 Å². The standard InChI is InChI=1S/C10H13NO2/c1-8-4-6-9(7-5-8)10(12)13-11(2)3/h4-7H,1-3H3. The second kappa shape index (κ2) is 4.05. The van der Waals surface area contributed by atoms with Gasteiger partial charge in [-0.3, -0.25) is 0 Å². The number of rotatable bonds is 2. The van der Waals surface area contributed by atoms with Gasteiger partial charge < -0.3 is 4.84 Å². The molecule has 0 atom stereocenters. The predicted molar refractivity (Wildman–Crippen MR) is 50.3 cm³/mol. The van der Waals surface area contributed by atoms with Crippen LogP contribution in [0.5, 0.6) is 0 Å². The molecule has 0 aliphatic rings. The maximum atomic E-state index is 11.3. The second-order valence-corrected chi connectivity index (χ2v) is 3.06. The van der Waals surface area contributed by atoms with Crippen molar-refractivity contribution in [1.82, 2.24) is 5.06 Å². The molecule has 0 bridgehead atoms. The van der Waals surface area contributed by atoms with E-state index in [1.54, 1.807) is 26.2 Å². The fourth-order valence-corrected chi connectivity index (χ4v) is 0.908. The van der Waals surface area contributed by atoms with Crippen LogP contribution in [0.15, 0.2) is 24.3 Å². The summed E-state index contributed by atoms with van der Waals surface area (Å²) in [4.78, 5) is 16.2. The monoisotopic (exact) mass is 179 g/mol. The van der Waals surface area contributed by atoms with Gasteiger partial charge in [0, 0.05) is 14.1 Å². The summed E-state index contributed by atoms with van der Waals surface area (Å²) in [5.74, 6) is -0.329. The first-order valence-electron chi connectivity index (χ1n) is 4.06. The van der Waals surface area contributed by atoms with Gasteiger partial charge in [0.2, 0.25) is 0 Å². The van der Waals surface area contributed by atoms with E-state index < -0.39 is 0 Å². The third kappa shape index (κ3) is 2.87. The van der Waals surface area contributed by atoms with E-state index in [0.29, 0.717) is 5.56 Å². The molecule has 13 heavy (non-hydrogen) atoms. The van der Waals surface area contributed by atoms with E-state index in [0.717, 1.165) is 5.56 Å². The van der Waals surface area contributed by atoms with Gasteiger partial charge in [0.25, 0.3) is 0 Å². The summed E-state index contributed by atoms with van der Waals surface area (Å²) in [6.07, 6.45) is 0. The van der Waals surface area contributed by atoms with Gasteiger partial charge in [-0.1, -0.05) is 17.7 Å². The molecule has 0 unspecified atom stereocenters. The summed E-state index contributed by atoms with van der Waals surface area (Å²) < 4.78 is 0. The lowest BCUT2D eigenvalue weighted by Crippen LogP contribution is -2.18. The lowest BCUT2D eigenvalue weighted by Gasteiger charge is -2.09. The Hall–Kier alpha value is -1.35. The first-order chi connectivity index (χ1) is 6.09. The van der Waals surface area contributed by atoms with Gasteiger partial charge in [-0.2, -0.15) is 0 Å². The molecule has 0 amide bonds. The predicted octanol–water partition coefficient (Wildman–Crippen LogP) is 1.63. The molecule has 0 aliphatic carbocycles. The molecule has 0 N–H and O–H groups in total. The van der Waals surface area contributed by atoms with Crippen LogP contribution in [0.4, 0.5) is 0 Å². The zero-order valence-corrected chi connectivity index (χ0v) is 8.07. The molecule has 3 nitrogen and oxygen atoms in total. The van der Waals surface area contributed by atoms with Crippen molar-refractivity contribution in [3.8, 4) is 0 Å². The average molecular weight is 179 g/mol. The number of benzene rings is 1. The van der Waals surface area contributed by atoms with E-state index in [9.17, 15) is 4.79 Å². The molecule has 0 heterocycles. The lowest BCUT2D eigenvalue weighted by molar-refractivity contribution is -0.0713. The van der Waals surface area contributed by atoms with E-state index in [4.69, 9.17) is 4.84 Å². The topological polar surface area (TPSA) is 29.5 Å². The Kier molecular flexibility index (Phi) is 3.03. The summed E-state index contributed by atoms with van der Waals surface area (Å²) in [7, 11) is 3.35. The molecule has 1 aromatic carbocycles. The zero-order chi connectivity index (χ0) is 9.84. The summed E-state index contributed by atoms with van der Waals surface area (Å²) in [6.45, 7) is 1.97. The van der Waals surface area contributed by atoms with Crippen LogP contribution in [0.25, 0.3) is 0 Å². The highest BCUT2D eigenvalue weighted by Gasteiger charge is 2.07. The van der Waals surface area contributed by atoms with Crippen LogP contribution in [0, 0.1) is 6.92 Å². The molecular weight excluding hydrogens is 166 g/mol. The van der Waals surface area contributed by atoms with Gasteiger partial charge in [-0.05, 0) is 19.1 Å². The van der Waals surface area contributed by atoms with Crippen molar-refractivity contribution < 1.29 is 9.63 Å². The minimum atomic E-state index is -0.329. The van der Waals surface area contributed by atoms with Crippen LogP contribution in [0.1, 0.15) is 15.9 Å². The Morgan fingerprint density at radius 3 is 2.23 bits per heavy atom. The first-order valence-corrected chi connectivity index (χ1v) is 4.06. The molecule has 0 radical (unpaired) electrons. The third-order valence-corrected chi connectivity index (χ3v) is 1.55. The van der Waals surface area contributed by atoms with Crippen molar-refractivity contribution in [2.24, 2.45) is 0 Å². The molecule has 0 spiro atoms. The summed E-state index contributed by atoms with van der Waals surface area (Å²) >= 11 is 0. The molecule has 0 fully saturated rings. The van der Waals surface area contributed by atoms with Crippen molar-refractivity contribution in [2.45, 2.75) is 6.92 Å². The number of hydrogen-bond donors (Lipinski definition) is 0. The Balaban J connectivity index is 2.72. The molecule has 0 aromatic heterocycles. The highest BCUT2D eigenvalue weighted by molar-refractivity contribution is 5.89. The van der Waals surface area contributed by atoms with Crippen LogP contribution in [0.3, 0.4) is 0 Å². The van der Waals surface area contributed by atoms with E-state index in [2.05, 4.69) is 0 Å². The first kappa shape index (κ1) is 9.74. The van der Waals surface area contributed by atoms with Crippen LogP contribution >= 0.6 is 0 Å².